The van der Waals surface area contributed by atoms with E-state index >= 15 is 0 Å². The van der Waals surface area contributed by atoms with Crippen molar-refractivity contribution in [3.05, 3.63) is 84.4 Å². The minimum atomic E-state index is -1.17. The first-order valence-electron chi connectivity index (χ1n) is 10.8. The Hall–Kier alpha value is -3.16. The van der Waals surface area contributed by atoms with Gasteiger partial charge in [0.1, 0.15) is 30.0 Å². The smallest absolute Gasteiger partial charge is 0.335 e. The van der Waals surface area contributed by atoms with Gasteiger partial charge in [0.2, 0.25) is 0 Å². The van der Waals surface area contributed by atoms with Crippen molar-refractivity contribution in [2.24, 2.45) is 0 Å². The Morgan fingerprint density at radius 2 is 1.55 bits per heavy atom. The van der Waals surface area contributed by atoms with Gasteiger partial charge in [-0.1, -0.05) is 30.3 Å². The molecule has 0 aliphatic rings. The van der Waals surface area contributed by atoms with E-state index in [-0.39, 0.29) is 19.1 Å². The second-order valence-corrected chi connectivity index (χ2v) is 8.11. The molecule has 1 N–H and O–H groups in total. The van der Waals surface area contributed by atoms with E-state index in [1.807, 2.05) is 73.7 Å². The number of rotatable bonds is 12. The maximum atomic E-state index is 11.5. The van der Waals surface area contributed by atoms with Crippen LogP contribution in [0.5, 0.6) is 17.2 Å². The van der Waals surface area contributed by atoms with E-state index in [4.69, 9.17) is 18.4 Å². The average molecular weight is 469 g/mol. The van der Waals surface area contributed by atoms with Crippen LogP contribution < -0.4 is 13.7 Å². The predicted molar refractivity (Wildman–Crippen MR) is 128 cm³/mol. The van der Waals surface area contributed by atoms with Crippen LogP contribution in [0.4, 0.5) is 0 Å². The Morgan fingerprint density at radius 1 is 0.909 bits per heavy atom. The highest BCUT2D eigenvalue weighted by Gasteiger charge is 2.16. The van der Waals surface area contributed by atoms with Crippen LogP contribution in [-0.4, -0.2) is 36.5 Å². The molecule has 3 rings (SSSR count). The summed E-state index contributed by atoms with van der Waals surface area (Å²) in [5, 5.41) is 9.86. The molecular formula is C26H28O6S. The Kier molecular flexibility index (Phi) is 9.47. The van der Waals surface area contributed by atoms with Crippen molar-refractivity contribution in [2.45, 2.75) is 37.4 Å². The maximum Gasteiger partial charge on any atom is 0.335 e. The number of aliphatic hydroxyl groups excluding tert-OH is 1. The lowest BCUT2D eigenvalue weighted by atomic mass is 10.1. The van der Waals surface area contributed by atoms with Crippen molar-refractivity contribution in [2.75, 3.05) is 13.2 Å². The summed E-state index contributed by atoms with van der Waals surface area (Å²) in [6.07, 6.45) is -1.15. The largest absolute Gasteiger partial charge is 0.490 e. The molecule has 6 nitrogen and oxygen atoms in total. The highest BCUT2D eigenvalue weighted by atomic mass is 32.2. The molecule has 7 heteroatoms. The molecule has 0 bridgehead atoms. The van der Waals surface area contributed by atoms with Crippen molar-refractivity contribution < 1.29 is 28.3 Å². The summed E-state index contributed by atoms with van der Waals surface area (Å²) in [7, 11) is 0. The molecule has 0 fully saturated rings. The Labute approximate surface area is 198 Å². The third-order valence-electron chi connectivity index (χ3n) is 4.53. The van der Waals surface area contributed by atoms with E-state index in [1.165, 1.54) is 12.0 Å². The molecule has 0 saturated carbocycles. The summed E-state index contributed by atoms with van der Waals surface area (Å²) >= 11 is 1.31. The molecule has 0 spiro atoms. The standard InChI is InChI=1S/C26H28O6S/c1-3-29-26(28)25(27)17-20-9-11-22(12-10-20)31-19(2)18-30-21-13-15-23(16-14-21)32-33-24-7-5-4-6-8-24/h4-16,19,25,27H,3,17-18H2,1-2H3. The highest BCUT2D eigenvalue weighted by Crippen LogP contribution is 2.25. The molecule has 174 valence electrons. The van der Waals surface area contributed by atoms with Crippen molar-refractivity contribution in [1.29, 1.82) is 0 Å². The monoisotopic (exact) mass is 468 g/mol. The summed E-state index contributed by atoms with van der Waals surface area (Å²) in [5.41, 5.74) is 0.819. The molecular weight excluding hydrogens is 440 g/mol. The summed E-state index contributed by atoms with van der Waals surface area (Å²) in [6, 6.07) is 24.6. The van der Waals surface area contributed by atoms with Gasteiger partial charge in [-0.05, 0) is 67.9 Å². The van der Waals surface area contributed by atoms with Gasteiger partial charge in [-0.2, -0.15) is 0 Å². The molecule has 2 atom stereocenters. The van der Waals surface area contributed by atoms with Gasteiger partial charge < -0.3 is 23.5 Å². The van der Waals surface area contributed by atoms with Crippen LogP contribution in [-0.2, 0) is 16.0 Å². The van der Waals surface area contributed by atoms with E-state index in [0.29, 0.717) is 12.4 Å². The first-order valence-corrected chi connectivity index (χ1v) is 11.5. The Morgan fingerprint density at radius 3 is 2.21 bits per heavy atom. The zero-order valence-corrected chi connectivity index (χ0v) is 19.5. The van der Waals surface area contributed by atoms with Crippen molar-refractivity contribution in [3.8, 4) is 17.2 Å². The maximum absolute atomic E-state index is 11.5. The molecule has 0 heterocycles. The SMILES string of the molecule is CCOC(=O)C(O)Cc1ccc(OC(C)COc2ccc(OSc3ccccc3)cc2)cc1. The minimum Gasteiger partial charge on any atom is -0.490 e. The summed E-state index contributed by atoms with van der Waals surface area (Å²) in [4.78, 5) is 12.6. The van der Waals surface area contributed by atoms with E-state index < -0.39 is 12.1 Å². The predicted octanol–water partition coefficient (Wildman–Crippen LogP) is 5.09. The third kappa shape index (κ3) is 8.36. The van der Waals surface area contributed by atoms with Gasteiger partial charge in [0.05, 0.1) is 18.6 Å². The molecule has 0 saturated heterocycles. The second-order valence-electron chi connectivity index (χ2n) is 7.31. The molecule has 3 aromatic rings. The van der Waals surface area contributed by atoms with E-state index in [1.54, 1.807) is 19.1 Å². The van der Waals surface area contributed by atoms with Crippen LogP contribution in [0, 0.1) is 0 Å². The molecule has 33 heavy (non-hydrogen) atoms. The molecule has 0 amide bonds. The second kappa shape index (κ2) is 12.8. The van der Waals surface area contributed by atoms with Gasteiger partial charge in [0.25, 0.3) is 0 Å². The van der Waals surface area contributed by atoms with Crippen molar-refractivity contribution >= 4 is 18.0 Å². The third-order valence-corrected chi connectivity index (χ3v) is 5.27. The fourth-order valence-electron chi connectivity index (χ4n) is 2.89. The van der Waals surface area contributed by atoms with Crippen LogP contribution in [0.2, 0.25) is 0 Å². The zero-order chi connectivity index (χ0) is 23.5. The number of hydrogen-bond acceptors (Lipinski definition) is 7. The number of carbonyl (C=O) groups excluding carboxylic acids is 1. The van der Waals surface area contributed by atoms with Crippen LogP contribution in [0.25, 0.3) is 0 Å². The van der Waals surface area contributed by atoms with Crippen molar-refractivity contribution in [1.82, 2.24) is 0 Å². The number of ether oxygens (including phenoxy) is 3. The lowest BCUT2D eigenvalue weighted by Gasteiger charge is -2.16. The minimum absolute atomic E-state index is 0.175. The summed E-state index contributed by atoms with van der Waals surface area (Å²) in [6.45, 7) is 4.25. The fraction of sp³-hybridized carbons (Fsp3) is 0.269. The van der Waals surface area contributed by atoms with Crippen molar-refractivity contribution in [3.63, 3.8) is 0 Å². The first kappa shape index (κ1) is 24.5. The lowest BCUT2D eigenvalue weighted by Crippen LogP contribution is -2.25. The van der Waals surface area contributed by atoms with E-state index in [2.05, 4.69) is 0 Å². The Bertz CT molecular complexity index is 976. The van der Waals surface area contributed by atoms with Gasteiger partial charge in [0.15, 0.2) is 6.10 Å². The molecule has 0 radical (unpaired) electrons. The van der Waals surface area contributed by atoms with Gasteiger partial charge in [-0.15, -0.1) is 0 Å². The van der Waals surface area contributed by atoms with Gasteiger partial charge in [-0.3, -0.25) is 0 Å². The van der Waals surface area contributed by atoms with Crippen LogP contribution >= 0.6 is 12.0 Å². The first-order chi connectivity index (χ1) is 16.0. The van der Waals surface area contributed by atoms with Gasteiger partial charge >= 0.3 is 5.97 Å². The number of hydrogen-bond donors (Lipinski definition) is 1. The average Bonchev–Trinajstić information content (AvgIpc) is 2.84. The number of aliphatic hydroxyl groups is 1. The number of benzene rings is 3. The Balaban J connectivity index is 1.40. The van der Waals surface area contributed by atoms with Crippen LogP contribution in [0.15, 0.2) is 83.8 Å². The van der Waals surface area contributed by atoms with E-state index in [0.717, 1.165) is 22.0 Å². The molecule has 0 aliphatic heterocycles. The molecule has 3 aromatic carbocycles. The number of esters is 1. The van der Waals surface area contributed by atoms with E-state index in [9.17, 15) is 9.90 Å². The fourth-order valence-corrected chi connectivity index (χ4v) is 3.46. The van der Waals surface area contributed by atoms with Gasteiger partial charge in [-0.25, -0.2) is 4.79 Å². The summed E-state index contributed by atoms with van der Waals surface area (Å²) < 4.78 is 22.2. The topological polar surface area (TPSA) is 74.2 Å². The quantitative estimate of drug-likeness (QED) is 0.293. The van der Waals surface area contributed by atoms with Crippen LogP contribution in [0.3, 0.4) is 0 Å². The molecule has 0 aliphatic carbocycles. The summed E-state index contributed by atoms with van der Waals surface area (Å²) in [5.74, 6) is 1.54. The van der Waals surface area contributed by atoms with Gasteiger partial charge in [0, 0.05) is 11.3 Å². The molecule has 0 aromatic heterocycles. The molecule has 2 unspecified atom stereocenters. The highest BCUT2D eigenvalue weighted by molar-refractivity contribution is 7.95. The lowest BCUT2D eigenvalue weighted by molar-refractivity contribution is -0.152. The normalized spacial score (nSPS) is 12.5. The number of carbonyl (C=O) groups is 1. The zero-order valence-electron chi connectivity index (χ0n) is 18.7. The van der Waals surface area contributed by atoms with Crippen LogP contribution in [0.1, 0.15) is 19.4 Å².